The molecule has 0 saturated carbocycles. The molecule has 3 aromatic carbocycles. The summed E-state index contributed by atoms with van der Waals surface area (Å²) in [7, 11) is 0. The van der Waals surface area contributed by atoms with Gasteiger partial charge in [-0.1, -0.05) is 42.5 Å². The Kier molecular flexibility index (Phi) is 4.94. The van der Waals surface area contributed by atoms with E-state index in [1.165, 1.54) is 6.07 Å². The number of rotatable bonds is 5. The average molecular weight is 348 g/mol. The van der Waals surface area contributed by atoms with Crippen molar-refractivity contribution in [2.24, 2.45) is 0 Å². The first-order chi connectivity index (χ1) is 12.6. The molecule has 0 heterocycles. The molecule has 26 heavy (non-hydrogen) atoms. The molecule has 0 aliphatic rings. The van der Waals surface area contributed by atoms with Gasteiger partial charge in [0.2, 0.25) is 0 Å². The Labute approximate surface area is 150 Å². The number of nitrogens with zero attached hydrogens (tertiary/aromatic N) is 1. The van der Waals surface area contributed by atoms with Crippen molar-refractivity contribution in [2.45, 2.75) is 6.92 Å². The molecule has 130 valence electrons. The van der Waals surface area contributed by atoms with Crippen LogP contribution >= 0.6 is 0 Å². The van der Waals surface area contributed by atoms with Gasteiger partial charge in [0.25, 0.3) is 11.6 Å². The number of nitro groups is 1. The lowest BCUT2D eigenvalue weighted by Crippen LogP contribution is -2.15. The summed E-state index contributed by atoms with van der Waals surface area (Å²) in [5.41, 5.74) is 0.657. The number of amides is 1. The Morgan fingerprint density at radius 3 is 2.38 bits per heavy atom. The van der Waals surface area contributed by atoms with Gasteiger partial charge in [-0.2, -0.15) is 0 Å². The summed E-state index contributed by atoms with van der Waals surface area (Å²) < 4.78 is 5.80. The zero-order valence-electron chi connectivity index (χ0n) is 14.0. The van der Waals surface area contributed by atoms with E-state index < -0.39 is 10.8 Å². The van der Waals surface area contributed by atoms with Crippen molar-refractivity contribution in [3.05, 3.63) is 94.0 Å². The van der Waals surface area contributed by atoms with Crippen molar-refractivity contribution in [1.82, 2.24) is 0 Å². The highest BCUT2D eigenvalue weighted by Gasteiger charge is 2.23. The highest BCUT2D eigenvalue weighted by Crippen LogP contribution is 2.30. The number of nitrogens with one attached hydrogen (secondary N) is 1. The van der Waals surface area contributed by atoms with Crippen molar-refractivity contribution in [1.29, 1.82) is 0 Å². The maximum atomic E-state index is 12.6. The molecule has 0 spiro atoms. The van der Waals surface area contributed by atoms with Gasteiger partial charge in [0.05, 0.1) is 10.6 Å². The molecular weight excluding hydrogens is 332 g/mol. The van der Waals surface area contributed by atoms with E-state index in [1.54, 1.807) is 55.5 Å². The standard InChI is InChI=1S/C20H16N2O4/c1-14-8-7-11-16(19(14)22(24)25)20(23)21-17-12-5-6-13-18(17)26-15-9-3-2-4-10-15/h2-13H,1H3,(H,21,23). The first-order valence-corrected chi connectivity index (χ1v) is 7.93. The topological polar surface area (TPSA) is 81.5 Å². The van der Waals surface area contributed by atoms with Crippen LogP contribution in [0.1, 0.15) is 15.9 Å². The van der Waals surface area contributed by atoms with Gasteiger partial charge in [-0.25, -0.2) is 0 Å². The van der Waals surface area contributed by atoms with Crippen molar-refractivity contribution in [3.8, 4) is 11.5 Å². The molecule has 0 radical (unpaired) electrons. The average Bonchev–Trinajstić information content (AvgIpc) is 2.63. The van der Waals surface area contributed by atoms with Crippen LogP contribution in [0.5, 0.6) is 11.5 Å². The maximum Gasteiger partial charge on any atom is 0.285 e. The van der Waals surface area contributed by atoms with Gasteiger partial charge in [-0.05, 0) is 37.3 Å². The second kappa shape index (κ2) is 7.48. The molecule has 0 fully saturated rings. The smallest absolute Gasteiger partial charge is 0.285 e. The number of aryl methyl sites for hydroxylation is 1. The molecule has 0 aromatic heterocycles. The largest absolute Gasteiger partial charge is 0.455 e. The lowest BCUT2D eigenvalue weighted by Gasteiger charge is -2.12. The molecular formula is C20H16N2O4. The van der Waals surface area contributed by atoms with Crippen LogP contribution in [0.15, 0.2) is 72.8 Å². The van der Waals surface area contributed by atoms with Crippen LogP contribution in [-0.2, 0) is 0 Å². The zero-order chi connectivity index (χ0) is 18.5. The minimum absolute atomic E-state index is 0.00418. The maximum absolute atomic E-state index is 12.6. The third-order valence-electron chi connectivity index (χ3n) is 3.77. The number of ether oxygens (including phenoxy) is 1. The molecule has 1 amide bonds. The van der Waals surface area contributed by atoms with Gasteiger partial charge >= 0.3 is 0 Å². The Morgan fingerprint density at radius 2 is 1.65 bits per heavy atom. The normalized spacial score (nSPS) is 10.2. The lowest BCUT2D eigenvalue weighted by molar-refractivity contribution is -0.385. The number of carbonyl (C=O) groups excluding carboxylic acids is 1. The van der Waals surface area contributed by atoms with Gasteiger partial charge in [0.1, 0.15) is 11.3 Å². The summed E-state index contributed by atoms with van der Waals surface area (Å²) >= 11 is 0. The fraction of sp³-hybridized carbons (Fsp3) is 0.0500. The summed E-state index contributed by atoms with van der Waals surface area (Å²) in [6, 6.07) is 20.7. The van der Waals surface area contributed by atoms with Crippen molar-refractivity contribution >= 4 is 17.3 Å². The molecule has 0 saturated heterocycles. The third kappa shape index (κ3) is 3.70. The predicted molar refractivity (Wildman–Crippen MR) is 98.7 cm³/mol. The number of hydrogen-bond donors (Lipinski definition) is 1. The molecule has 6 heteroatoms. The molecule has 1 N–H and O–H groups in total. The number of nitro benzene ring substituents is 1. The minimum Gasteiger partial charge on any atom is -0.455 e. The fourth-order valence-electron chi connectivity index (χ4n) is 2.55. The van der Waals surface area contributed by atoms with Gasteiger partial charge in [-0.15, -0.1) is 0 Å². The summed E-state index contributed by atoms with van der Waals surface area (Å²) in [6.45, 7) is 1.60. The Balaban J connectivity index is 1.90. The van der Waals surface area contributed by atoms with E-state index in [1.807, 2.05) is 18.2 Å². The number of anilines is 1. The summed E-state index contributed by atoms with van der Waals surface area (Å²) in [5.74, 6) is 0.502. The molecule has 0 atom stereocenters. The van der Waals surface area contributed by atoms with Crippen molar-refractivity contribution < 1.29 is 14.5 Å². The Bertz CT molecular complexity index is 955. The number of carbonyl (C=O) groups is 1. The number of benzene rings is 3. The van der Waals surface area contributed by atoms with E-state index in [2.05, 4.69) is 5.32 Å². The minimum atomic E-state index is -0.565. The van der Waals surface area contributed by atoms with Gasteiger partial charge in [-0.3, -0.25) is 14.9 Å². The van der Waals surface area contributed by atoms with Crippen LogP contribution in [0.25, 0.3) is 0 Å². The number of hydrogen-bond acceptors (Lipinski definition) is 4. The zero-order valence-corrected chi connectivity index (χ0v) is 14.0. The van der Waals surface area contributed by atoms with Crippen LogP contribution in [0, 0.1) is 17.0 Å². The summed E-state index contributed by atoms with van der Waals surface area (Å²) in [5, 5.41) is 14.0. The molecule has 3 aromatic rings. The van der Waals surface area contributed by atoms with Crippen LogP contribution in [0.3, 0.4) is 0 Å². The Hall–Kier alpha value is -3.67. The van der Waals surface area contributed by atoms with E-state index in [0.29, 0.717) is 22.7 Å². The first-order valence-electron chi connectivity index (χ1n) is 7.93. The Morgan fingerprint density at radius 1 is 0.962 bits per heavy atom. The van der Waals surface area contributed by atoms with Crippen LogP contribution in [-0.4, -0.2) is 10.8 Å². The van der Waals surface area contributed by atoms with Gasteiger partial charge < -0.3 is 10.1 Å². The van der Waals surface area contributed by atoms with E-state index in [0.717, 1.165) is 0 Å². The second-order valence-corrected chi connectivity index (χ2v) is 5.59. The molecule has 0 aliphatic carbocycles. The third-order valence-corrected chi connectivity index (χ3v) is 3.77. The van der Waals surface area contributed by atoms with E-state index in [-0.39, 0.29) is 11.3 Å². The summed E-state index contributed by atoms with van der Waals surface area (Å²) in [6.07, 6.45) is 0. The van der Waals surface area contributed by atoms with Crippen molar-refractivity contribution in [2.75, 3.05) is 5.32 Å². The van der Waals surface area contributed by atoms with Crippen LogP contribution in [0.4, 0.5) is 11.4 Å². The number of para-hydroxylation sites is 4. The van der Waals surface area contributed by atoms with Crippen LogP contribution in [0.2, 0.25) is 0 Å². The van der Waals surface area contributed by atoms with Crippen molar-refractivity contribution in [3.63, 3.8) is 0 Å². The summed E-state index contributed by atoms with van der Waals surface area (Å²) in [4.78, 5) is 23.4. The van der Waals surface area contributed by atoms with E-state index >= 15 is 0 Å². The molecule has 0 bridgehead atoms. The highest BCUT2D eigenvalue weighted by molar-refractivity contribution is 6.08. The van der Waals surface area contributed by atoms with Gasteiger partial charge in [0.15, 0.2) is 5.75 Å². The highest BCUT2D eigenvalue weighted by atomic mass is 16.6. The van der Waals surface area contributed by atoms with E-state index in [4.69, 9.17) is 4.74 Å². The monoisotopic (exact) mass is 348 g/mol. The fourth-order valence-corrected chi connectivity index (χ4v) is 2.55. The van der Waals surface area contributed by atoms with E-state index in [9.17, 15) is 14.9 Å². The van der Waals surface area contributed by atoms with Crippen LogP contribution < -0.4 is 10.1 Å². The lowest BCUT2D eigenvalue weighted by atomic mass is 10.1. The molecule has 6 nitrogen and oxygen atoms in total. The second-order valence-electron chi connectivity index (χ2n) is 5.59. The molecule has 3 rings (SSSR count). The molecule has 0 unspecified atom stereocenters. The first kappa shape index (κ1) is 17.2. The quantitative estimate of drug-likeness (QED) is 0.522. The van der Waals surface area contributed by atoms with Gasteiger partial charge in [0, 0.05) is 5.56 Å². The SMILES string of the molecule is Cc1cccc(C(=O)Nc2ccccc2Oc2ccccc2)c1[N+](=O)[O-]. The predicted octanol–water partition coefficient (Wildman–Crippen LogP) is 4.95. The molecule has 0 aliphatic heterocycles.